The van der Waals surface area contributed by atoms with E-state index < -0.39 is 0 Å². The lowest BCUT2D eigenvalue weighted by molar-refractivity contribution is 0.102. The summed E-state index contributed by atoms with van der Waals surface area (Å²) in [5.41, 5.74) is 5.26. The maximum Gasteiger partial charge on any atom is 0.257 e. The van der Waals surface area contributed by atoms with E-state index in [1.807, 2.05) is 72.9 Å². The Morgan fingerprint density at radius 2 is 1.65 bits per heavy atom. The fourth-order valence-corrected chi connectivity index (χ4v) is 2.92. The number of rotatable bonds is 4. The highest BCUT2D eigenvalue weighted by atomic mass is 16.1. The third kappa shape index (κ3) is 3.26. The molecule has 0 bridgehead atoms. The van der Waals surface area contributed by atoms with E-state index in [-0.39, 0.29) is 5.91 Å². The number of aromatic nitrogens is 2. The largest absolute Gasteiger partial charge is 0.366 e. The van der Waals surface area contributed by atoms with Gasteiger partial charge in [-0.3, -0.25) is 9.78 Å². The van der Waals surface area contributed by atoms with Crippen molar-refractivity contribution >= 4 is 11.6 Å². The Labute approximate surface area is 151 Å². The number of benzene rings is 2. The topological polar surface area (TPSA) is 57.8 Å². The highest BCUT2D eigenvalue weighted by Crippen LogP contribution is 2.25. The fourth-order valence-electron chi connectivity index (χ4n) is 2.92. The summed E-state index contributed by atoms with van der Waals surface area (Å²) < 4.78 is 0. The van der Waals surface area contributed by atoms with Crippen LogP contribution in [0.4, 0.5) is 5.69 Å². The average Bonchev–Trinajstić information content (AvgIpc) is 3.20. The number of carbonyl (C=O) groups excluding carboxylic acids is 1. The number of aromatic amines is 1. The summed E-state index contributed by atoms with van der Waals surface area (Å²) in [6.45, 7) is 0. The number of anilines is 1. The summed E-state index contributed by atoms with van der Waals surface area (Å²) in [4.78, 5) is 20.0. The highest BCUT2D eigenvalue weighted by Gasteiger charge is 2.14. The van der Waals surface area contributed by atoms with Crippen molar-refractivity contribution in [3.8, 4) is 22.3 Å². The summed E-state index contributed by atoms with van der Waals surface area (Å²) in [6.07, 6.45) is 7.12. The molecule has 4 nitrogen and oxygen atoms in total. The fraction of sp³-hybridized carbons (Fsp3) is 0. The molecule has 0 spiro atoms. The number of carbonyl (C=O) groups is 1. The van der Waals surface area contributed by atoms with Crippen LogP contribution in [0.5, 0.6) is 0 Å². The van der Waals surface area contributed by atoms with Crippen LogP contribution in [-0.4, -0.2) is 15.9 Å². The van der Waals surface area contributed by atoms with E-state index in [2.05, 4.69) is 15.3 Å². The molecule has 0 aliphatic carbocycles. The summed E-state index contributed by atoms with van der Waals surface area (Å²) in [5.74, 6) is -0.145. The van der Waals surface area contributed by atoms with Gasteiger partial charge in [0.1, 0.15) is 0 Å². The van der Waals surface area contributed by atoms with Crippen molar-refractivity contribution < 1.29 is 4.79 Å². The maximum atomic E-state index is 12.8. The van der Waals surface area contributed by atoms with Crippen molar-refractivity contribution in [1.29, 1.82) is 0 Å². The number of pyridine rings is 1. The Balaban J connectivity index is 1.60. The minimum absolute atomic E-state index is 0.145. The van der Waals surface area contributed by atoms with Gasteiger partial charge in [-0.1, -0.05) is 48.5 Å². The first-order chi connectivity index (χ1) is 12.8. The zero-order chi connectivity index (χ0) is 17.8. The van der Waals surface area contributed by atoms with Gasteiger partial charge in [0.15, 0.2) is 0 Å². The molecular formula is C22H17N3O. The number of hydrogen-bond donors (Lipinski definition) is 2. The van der Waals surface area contributed by atoms with E-state index in [0.717, 1.165) is 27.9 Å². The van der Waals surface area contributed by atoms with E-state index in [4.69, 9.17) is 0 Å². The van der Waals surface area contributed by atoms with Crippen LogP contribution in [0.1, 0.15) is 10.4 Å². The Bertz CT molecular complexity index is 1020. The molecule has 2 aromatic heterocycles. The SMILES string of the molecule is O=C(Nc1cccc(-c2cccnc2)c1)c1c[nH]cc1-c1ccccc1. The Kier molecular flexibility index (Phi) is 4.31. The van der Waals surface area contributed by atoms with Gasteiger partial charge in [0.05, 0.1) is 5.56 Å². The molecule has 126 valence electrons. The Morgan fingerprint density at radius 1 is 0.846 bits per heavy atom. The zero-order valence-corrected chi connectivity index (χ0v) is 14.0. The Morgan fingerprint density at radius 3 is 2.46 bits per heavy atom. The van der Waals surface area contributed by atoms with Gasteiger partial charge in [0.25, 0.3) is 5.91 Å². The zero-order valence-electron chi connectivity index (χ0n) is 14.0. The normalized spacial score (nSPS) is 10.5. The van der Waals surface area contributed by atoms with Crippen LogP contribution >= 0.6 is 0 Å². The molecule has 0 saturated carbocycles. The average molecular weight is 339 g/mol. The lowest BCUT2D eigenvalue weighted by Crippen LogP contribution is -2.12. The van der Waals surface area contributed by atoms with Crippen LogP contribution < -0.4 is 5.32 Å². The number of hydrogen-bond acceptors (Lipinski definition) is 2. The summed E-state index contributed by atoms with van der Waals surface area (Å²) >= 11 is 0. The Hall–Kier alpha value is -3.66. The second kappa shape index (κ2) is 7.07. The van der Waals surface area contributed by atoms with Crippen LogP contribution in [0.2, 0.25) is 0 Å². The molecule has 0 radical (unpaired) electrons. The smallest absolute Gasteiger partial charge is 0.257 e. The molecule has 0 atom stereocenters. The summed E-state index contributed by atoms with van der Waals surface area (Å²) in [5, 5.41) is 2.99. The number of H-pyrrole nitrogens is 1. The first-order valence-corrected chi connectivity index (χ1v) is 8.35. The van der Waals surface area contributed by atoms with E-state index in [9.17, 15) is 4.79 Å². The van der Waals surface area contributed by atoms with Crippen LogP contribution in [0.15, 0.2) is 91.5 Å². The monoisotopic (exact) mass is 339 g/mol. The van der Waals surface area contributed by atoms with E-state index in [1.165, 1.54) is 0 Å². The maximum absolute atomic E-state index is 12.8. The molecular weight excluding hydrogens is 322 g/mol. The highest BCUT2D eigenvalue weighted by molar-refractivity contribution is 6.08. The van der Waals surface area contributed by atoms with Crippen molar-refractivity contribution in [3.05, 3.63) is 97.1 Å². The number of amides is 1. The van der Waals surface area contributed by atoms with Crippen molar-refractivity contribution in [1.82, 2.24) is 9.97 Å². The molecule has 2 heterocycles. The summed E-state index contributed by atoms with van der Waals surface area (Å²) in [7, 11) is 0. The van der Waals surface area contributed by atoms with Gasteiger partial charge in [-0.05, 0) is 29.3 Å². The van der Waals surface area contributed by atoms with Gasteiger partial charge in [0, 0.05) is 41.6 Å². The third-order valence-corrected chi connectivity index (χ3v) is 4.19. The van der Waals surface area contributed by atoms with Gasteiger partial charge in [-0.15, -0.1) is 0 Å². The minimum Gasteiger partial charge on any atom is -0.366 e. The van der Waals surface area contributed by atoms with Crippen molar-refractivity contribution in [3.63, 3.8) is 0 Å². The van der Waals surface area contributed by atoms with Crippen LogP contribution in [0.3, 0.4) is 0 Å². The van der Waals surface area contributed by atoms with Crippen LogP contribution in [0.25, 0.3) is 22.3 Å². The summed E-state index contributed by atoms with van der Waals surface area (Å²) in [6, 6.07) is 21.5. The second-order valence-electron chi connectivity index (χ2n) is 5.93. The minimum atomic E-state index is -0.145. The molecule has 4 rings (SSSR count). The van der Waals surface area contributed by atoms with Gasteiger partial charge in [-0.2, -0.15) is 0 Å². The van der Waals surface area contributed by atoms with Gasteiger partial charge >= 0.3 is 0 Å². The molecule has 0 aliphatic heterocycles. The third-order valence-electron chi connectivity index (χ3n) is 4.19. The lowest BCUT2D eigenvalue weighted by Gasteiger charge is -2.08. The molecule has 2 aromatic carbocycles. The van der Waals surface area contributed by atoms with E-state index in [0.29, 0.717) is 5.56 Å². The molecule has 2 N–H and O–H groups in total. The second-order valence-corrected chi connectivity index (χ2v) is 5.93. The quantitative estimate of drug-likeness (QED) is 0.550. The molecule has 26 heavy (non-hydrogen) atoms. The van der Waals surface area contributed by atoms with Gasteiger partial charge < -0.3 is 10.3 Å². The van der Waals surface area contributed by atoms with Gasteiger partial charge in [0.2, 0.25) is 0 Å². The molecule has 4 aromatic rings. The lowest BCUT2D eigenvalue weighted by atomic mass is 10.0. The van der Waals surface area contributed by atoms with Gasteiger partial charge in [-0.25, -0.2) is 0 Å². The molecule has 0 fully saturated rings. The van der Waals surface area contributed by atoms with Crippen LogP contribution in [0, 0.1) is 0 Å². The molecule has 4 heteroatoms. The molecule has 1 amide bonds. The number of nitrogens with one attached hydrogen (secondary N) is 2. The van der Waals surface area contributed by atoms with E-state index in [1.54, 1.807) is 18.6 Å². The standard InChI is InChI=1S/C22H17N3O/c26-22(21-15-24-14-20(21)16-6-2-1-3-7-16)25-19-10-4-8-17(12-19)18-9-5-11-23-13-18/h1-15,24H,(H,25,26). The van der Waals surface area contributed by atoms with Crippen molar-refractivity contribution in [2.45, 2.75) is 0 Å². The molecule has 0 unspecified atom stereocenters. The van der Waals surface area contributed by atoms with Crippen LogP contribution in [-0.2, 0) is 0 Å². The predicted molar refractivity (Wildman–Crippen MR) is 104 cm³/mol. The molecule has 0 aliphatic rings. The van der Waals surface area contributed by atoms with Crippen molar-refractivity contribution in [2.75, 3.05) is 5.32 Å². The first-order valence-electron chi connectivity index (χ1n) is 8.35. The molecule has 0 saturated heterocycles. The van der Waals surface area contributed by atoms with Crippen molar-refractivity contribution in [2.24, 2.45) is 0 Å². The number of nitrogens with zero attached hydrogens (tertiary/aromatic N) is 1. The van der Waals surface area contributed by atoms with E-state index >= 15 is 0 Å². The first kappa shape index (κ1) is 15.8. The predicted octanol–water partition coefficient (Wildman–Crippen LogP) is 5.00.